The number of carboxylic acid groups (broad SMARTS) is 1. The fourth-order valence-electron chi connectivity index (χ4n) is 3.52. The number of aromatic nitrogens is 2. The molecule has 4 rings (SSSR count). The lowest BCUT2D eigenvalue weighted by Gasteiger charge is -2.37. The molecule has 1 aliphatic carbocycles. The van der Waals surface area contributed by atoms with Crippen LogP contribution < -0.4 is 0 Å². The van der Waals surface area contributed by atoms with Crippen molar-refractivity contribution in [2.75, 3.05) is 19.8 Å². The summed E-state index contributed by atoms with van der Waals surface area (Å²) >= 11 is 0. The number of carbonyl (C=O) groups excluding carboxylic acids is 1. The quantitative estimate of drug-likeness (QED) is 0.752. The molecular formula is C16H19N3O6. The maximum Gasteiger partial charge on any atom is 0.293 e. The van der Waals surface area contributed by atoms with Gasteiger partial charge in [0.25, 0.3) is 12.4 Å². The third-order valence-electron chi connectivity index (χ3n) is 4.60. The van der Waals surface area contributed by atoms with Crippen LogP contribution in [0.5, 0.6) is 0 Å². The van der Waals surface area contributed by atoms with Gasteiger partial charge < -0.3 is 24.4 Å². The van der Waals surface area contributed by atoms with Crippen LogP contribution in [0.4, 0.5) is 0 Å². The number of ether oxygens (including phenoxy) is 1. The van der Waals surface area contributed by atoms with Crippen LogP contribution in [0.15, 0.2) is 22.9 Å². The van der Waals surface area contributed by atoms with Crippen molar-refractivity contribution in [2.45, 2.75) is 25.0 Å². The van der Waals surface area contributed by atoms with Crippen LogP contribution in [0.1, 0.15) is 23.4 Å². The summed E-state index contributed by atoms with van der Waals surface area (Å²) in [6.07, 6.45) is 3.18. The Balaban J connectivity index is 0.000000569. The molecule has 0 bridgehead atoms. The van der Waals surface area contributed by atoms with Crippen molar-refractivity contribution < 1.29 is 29.1 Å². The van der Waals surface area contributed by atoms with Gasteiger partial charge in [-0.2, -0.15) is 0 Å². The van der Waals surface area contributed by atoms with Crippen molar-refractivity contribution in [1.82, 2.24) is 15.0 Å². The van der Waals surface area contributed by atoms with Gasteiger partial charge in [-0.3, -0.25) is 9.59 Å². The van der Waals surface area contributed by atoms with E-state index in [9.17, 15) is 9.90 Å². The number of morpholine rings is 1. The van der Waals surface area contributed by atoms with Crippen molar-refractivity contribution in [3.63, 3.8) is 0 Å². The van der Waals surface area contributed by atoms with Crippen LogP contribution in [-0.4, -0.2) is 69.5 Å². The average Bonchev–Trinajstić information content (AvgIpc) is 3.25. The molecule has 0 spiro atoms. The predicted molar refractivity (Wildman–Crippen MR) is 84.9 cm³/mol. The van der Waals surface area contributed by atoms with Gasteiger partial charge in [0.2, 0.25) is 11.4 Å². The van der Waals surface area contributed by atoms with Gasteiger partial charge in [-0.05, 0) is 30.9 Å². The first-order chi connectivity index (χ1) is 12.2. The highest BCUT2D eigenvalue weighted by Gasteiger charge is 2.43. The summed E-state index contributed by atoms with van der Waals surface area (Å²) in [5.74, 6) is 0.250. The third-order valence-corrected chi connectivity index (χ3v) is 4.60. The third kappa shape index (κ3) is 3.33. The van der Waals surface area contributed by atoms with Gasteiger partial charge in [0.15, 0.2) is 0 Å². The monoisotopic (exact) mass is 349 g/mol. The second kappa shape index (κ2) is 7.58. The van der Waals surface area contributed by atoms with Gasteiger partial charge in [0, 0.05) is 19.3 Å². The Morgan fingerprint density at radius 2 is 2.24 bits per heavy atom. The van der Waals surface area contributed by atoms with Gasteiger partial charge >= 0.3 is 0 Å². The Bertz CT molecular complexity index is 748. The SMILES string of the molecule is O=C(c1onc2ncccc12)N1CCOC2C[C@H](CO)C[C@@H]21.O=CO. The Labute approximate surface area is 143 Å². The number of amides is 1. The lowest BCUT2D eigenvalue weighted by molar-refractivity contribution is -0.122. The van der Waals surface area contributed by atoms with E-state index < -0.39 is 0 Å². The molecule has 2 aliphatic rings. The molecular weight excluding hydrogens is 330 g/mol. The summed E-state index contributed by atoms with van der Waals surface area (Å²) in [5, 5.41) is 20.7. The molecule has 2 aromatic rings. The largest absolute Gasteiger partial charge is 0.483 e. The number of hydrogen-bond acceptors (Lipinski definition) is 7. The number of hydrogen-bond donors (Lipinski definition) is 2. The van der Waals surface area contributed by atoms with Gasteiger partial charge in [-0.1, -0.05) is 5.16 Å². The number of rotatable bonds is 2. The minimum absolute atomic E-state index is 0.00200. The van der Waals surface area contributed by atoms with Crippen molar-refractivity contribution in [2.24, 2.45) is 5.92 Å². The maximum atomic E-state index is 12.9. The van der Waals surface area contributed by atoms with Crippen LogP contribution in [0.3, 0.4) is 0 Å². The van der Waals surface area contributed by atoms with E-state index in [2.05, 4.69) is 10.1 Å². The normalized spacial score (nSPS) is 25.2. The molecule has 1 aliphatic heterocycles. The second-order valence-corrected chi connectivity index (χ2v) is 5.99. The fraction of sp³-hybridized carbons (Fsp3) is 0.500. The summed E-state index contributed by atoms with van der Waals surface area (Å²) in [5.41, 5.74) is 0.440. The summed E-state index contributed by atoms with van der Waals surface area (Å²) in [4.78, 5) is 27.1. The lowest BCUT2D eigenvalue weighted by atomic mass is 10.1. The van der Waals surface area contributed by atoms with Crippen LogP contribution in [-0.2, 0) is 9.53 Å². The zero-order valence-electron chi connectivity index (χ0n) is 13.4. The van der Waals surface area contributed by atoms with Crippen molar-refractivity contribution >= 4 is 23.4 Å². The second-order valence-electron chi connectivity index (χ2n) is 5.99. The molecule has 0 aromatic carbocycles. The first kappa shape index (κ1) is 17.3. The molecule has 134 valence electrons. The lowest BCUT2D eigenvalue weighted by Crippen LogP contribution is -2.51. The Kier molecular flexibility index (Phi) is 5.25. The van der Waals surface area contributed by atoms with Gasteiger partial charge in [0.1, 0.15) is 0 Å². The highest BCUT2D eigenvalue weighted by molar-refractivity contribution is 6.02. The Morgan fingerprint density at radius 3 is 3.00 bits per heavy atom. The van der Waals surface area contributed by atoms with E-state index in [1.807, 2.05) is 0 Å². The molecule has 1 amide bonds. The standard InChI is InChI=1S/C15H17N3O4.CH2O2/c19-8-9-6-11-12(7-9)21-5-4-18(11)15(20)13-10-2-1-3-16-14(10)17-22-13;2-1-3/h1-3,9,11-12,19H,4-8H2;1H,(H,2,3)/t9-,11+,12?;/m1./s1. The summed E-state index contributed by atoms with van der Waals surface area (Å²) in [6.45, 7) is 0.920. The topological polar surface area (TPSA) is 126 Å². The minimum atomic E-state index is -0.250. The number of nitrogens with zero attached hydrogens (tertiary/aromatic N) is 3. The van der Waals surface area contributed by atoms with Crippen LogP contribution >= 0.6 is 0 Å². The molecule has 25 heavy (non-hydrogen) atoms. The van der Waals surface area contributed by atoms with E-state index in [-0.39, 0.29) is 42.8 Å². The summed E-state index contributed by atoms with van der Waals surface area (Å²) in [6, 6.07) is 3.54. The maximum absolute atomic E-state index is 12.9. The number of aliphatic hydroxyl groups excluding tert-OH is 1. The van der Waals surface area contributed by atoms with Crippen molar-refractivity contribution in [3.8, 4) is 0 Å². The van der Waals surface area contributed by atoms with Crippen LogP contribution in [0.2, 0.25) is 0 Å². The van der Waals surface area contributed by atoms with E-state index in [0.717, 1.165) is 12.8 Å². The summed E-state index contributed by atoms with van der Waals surface area (Å²) in [7, 11) is 0. The molecule has 0 radical (unpaired) electrons. The minimum Gasteiger partial charge on any atom is -0.483 e. The Morgan fingerprint density at radius 1 is 1.44 bits per heavy atom. The number of pyridine rings is 1. The molecule has 1 saturated carbocycles. The molecule has 3 heterocycles. The number of fused-ring (bicyclic) bond motifs is 2. The van der Waals surface area contributed by atoms with Crippen molar-refractivity contribution in [1.29, 1.82) is 0 Å². The highest BCUT2D eigenvalue weighted by atomic mass is 16.5. The number of aliphatic hydroxyl groups is 1. The zero-order chi connectivity index (χ0) is 17.8. The van der Waals surface area contributed by atoms with Gasteiger partial charge in [-0.25, -0.2) is 4.98 Å². The van der Waals surface area contributed by atoms with E-state index in [1.54, 1.807) is 23.2 Å². The molecule has 9 heteroatoms. The Hall–Kier alpha value is -2.52. The van der Waals surface area contributed by atoms with Crippen LogP contribution in [0, 0.1) is 5.92 Å². The van der Waals surface area contributed by atoms with Gasteiger partial charge in [-0.15, -0.1) is 0 Å². The van der Waals surface area contributed by atoms with Crippen molar-refractivity contribution in [3.05, 3.63) is 24.1 Å². The van der Waals surface area contributed by atoms with Crippen LogP contribution in [0.25, 0.3) is 11.0 Å². The molecule has 2 aromatic heterocycles. The molecule has 1 unspecified atom stereocenters. The molecule has 3 atom stereocenters. The predicted octanol–water partition coefficient (Wildman–Crippen LogP) is 0.535. The molecule has 2 N–H and O–H groups in total. The first-order valence-electron chi connectivity index (χ1n) is 8.01. The van der Waals surface area contributed by atoms with E-state index in [1.165, 1.54) is 0 Å². The average molecular weight is 349 g/mol. The highest BCUT2D eigenvalue weighted by Crippen LogP contribution is 2.35. The molecule has 9 nitrogen and oxygen atoms in total. The zero-order valence-corrected chi connectivity index (χ0v) is 13.4. The smallest absolute Gasteiger partial charge is 0.293 e. The number of carbonyl (C=O) groups is 2. The fourth-order valence-corrected chi connectivity index (χ4v) is 3.52. The molecule has 1 saturated heterocycles. The summed E-state index contributed by atoms with van der Waals surface area (Å²) < 4.78 is 11.0. The van der Waals surface area contributed by atoms with E-state index >= 15 is 0 Å². The van der Waals surface area contributed by atoms with Gasteiger partial charge in [0.05, 0.1) is 24.1 Å². The first-order valence-corrected chi connectivity index (χ1v) is 8.01. The van der Waals surface area contributed by atoms with E-state index in [0.29, 0.717) is 24.2 Å². The molecule has 2 fully saturated rings. The van der Waals surface area contributed by atoms with E-state index in [4.69, 9.17) is 19.2 Å².